The molecule has 1 unspecified atom stereocenters. The quantitative estimate of drug-likeness (QED) is 0.800. The molecule has 0 bridgehead atoms. The van der Waals surface area contributed by atoms with Gasteiger partial charge in [0.25, 0.3) is 0 Å². The molecule has 20 heavy (non-hydrogen) atoms. The molecule has 0 aliphatic carbocycles. The third-order valence-corrected chi connectivity index (χ3v) is 4.45. The average Bonchev–Trinajstić information content (AvgIpc) is 2.79. The van der Waals surface area contributed by atoms with E-state index < -0.39 is 0 Å². The molecule has 2 fully saturated rings. The first kappa shape index (κ1) is 13.9. The summed E-state index contributed by atoms with van der Waals surface area (Å²) in [6.45, 7) is 4.00. The summed E-state index contributed by atoms with van der Waals surface area (Å²) < 4.78 is 0. The van der Waals surface area contributed by atoms with E-state index in [2.05, 4.69) is 17.0 Å². The van der Waals surface area contributed by atoms with Crippen LogP contribution in [0.25, 0.3) is 0 Å². The molecule has 2 saturated heterocycles. The highest BCUT2D eigenvalue weighted by Gasteiger charge is 2.29. The molecule has 0 saturated carbocycles. The number of hydrogen-bond acceptors (Lipinski definition) is 2. The summed E-state index contributed by atoms with van der Waals surface area (Å²) in [5, 5.41) is -0.0479. The van der Waals surface area contributed by atoms with Crippen LogP contribution in [0.4, 0.5) is 5.69 Å². The van der Waals surface area contributed by atoms with Gasteiger partial charge in [-0.25, -0.2) is 0 Å². The summed E-state index contributed by atoms with van der Waals surface area (Å²) in [4.78, 5) is 16.2. The van der Waals surface area contributed by atoms with Gasteiger partial charge in [0.05, 0.1) is 5.38 Å². The standard InChI is InChI=1S/C16H21ClN2O/c17-14-10-16(20)19(12-14)15-6-4-5-13(9-15)11-18-7-2-1-3-8-18/h4-6,9,14H,1-3,7-8,10-12H2. The predicted molar refractivity (Wildman–Crippen MR) is 82.2 cm³/mol. The second kappa shape index (κ2) is 6.15. The lowest BCUT2D eigenvalue weighted by Gasteiger charge is -2.27. The number of anilines is 1. The highest BCUT2D eigenvalue weighted by atomic mass is 35.5. The van der Waals surface area contributed by atoms with Gasteiger partial charge in [0.15, 0.2) is 0 Å². The number of carbonyl (C=O) groups excluding carboxylic acids is 1. The molecule has 4 heteroatoms. The van der Waals surface area contributed by atoms with Crippen LogP contribution in [0, 0.1) is 0 Å². The Morgan fingerprint density at radius 2 is 2.00 bits per heavy atom. The molecular formula is C16H21ClN2O. The van der Waals surface area contributed by atoms with Gasteiger partial charge < -0.3 is 4.90 Å². The first-order valence-corrected chi connectivity index (χ1v) is 7.92. The zero-order valence-corrected chi connectivity index (χ0v) is 12.5. The minimum Gasteiger partial charge on any atom is -0.311 e. The molecule has 2 aliphatic rings. The topological polar surface area (TPSA) is 23.6 Å². The first-order valence-electron chi connectivity index (χ1n) is 7.48. The highest BCUT2D eigenvalue weighted by Crippen LogP contribution is 2.25. The molecule has 3 rings (SSSR count). The summed E-state index contributed by atoms with van der Waals surface area (Å²) >= 11 is 6.08. The van der Waals surface area contributed by atoms with E-state index >= 15 is 0 Å². The number of likely N-dealkylation sites (tertiary alicyclic amines) is 1. The van der Waals surface area contributed by atoms with E-state index in [1.807, 2.05) is 17.0 Å². The highest BCUT2D eigenvalue weighted by molar-refractivity contribution is 6.24. The third kappa shape index (κ3) is 3.15. The van der Waals surface area contributed by atoms with Crippen molar-refractivity contribution in [2.75, 3.05) is 24.5 Å². The lowest BCUT2D eigenvalue weighted by molar-refractivity contribution is -0.117. The van der Waals surface area contributed by atoms with Gasteiger partial charge in [-0.05, 0) is 43.6 Å². The summed E-state index contributed by atoms with van der Waals surface area (Å²) in [6.07, 6.45) is 4.42. The Hall–Kier alpha value is -1.06. The average molecular weight is 293 g/mol. The maximum absolute atomic E-state index is 11.9. The molecule has 2 heterocycles. The second-order valence-corrected chi connectivity index (χ2v) is 6.43. The number of nitrogens with zero attached hydrogens (tertiary/aromatic N) is 2. The number of carbonyl (C=O) groups is 1. The normalized spacial score (nSPS) is 24.4. The Balaban J connectivity index is 1.70. The van der Waals surface area contributed by atoms with Crippen molar-refractivity contribution in [3.63, 3.8) is 0 Å². The van der Waals surface area contributed by atoms with Crippen LogP contribution in [0.1, 0.15) is 31.2 Å². The van der Waals surface area contributed by atoms with Crippen LogP contribution in [0.15, 0.2) is 24.3 Å². The van der Waals surface area contributed by atoms with Crippen LogP contribution < -0.4 is 4.90 Å². The molecule has 0 spiro atoms. The number of benzene rings is 1. The number of hydrogen-bond donors (Lipinski definition) is 0. The maximum Gasteiger partial charge on any atom is 0.228 e. The van der Waals surface area contributed by atoms with E-state index in [1.54, 1.807) is 0 Å². The fourth-order valence-electron chi connectivity index (χ4n) is 3.11. The summed E-state index contributed by atoms with van der Waals surface area (Å²) in [5.74, 6) is 0.139. The van der Waals surface area contributed by atoms with Crippen molar-refractivity contribution in [3.05, 3.63) is 29.8 Å². The van der Waals surface area contributed by atoms with E-state index in [1.165, 1.54) is 37.9 Å². The summed E-state index contributed by atoms with van der Waals surface area (Å²) in [5.41, 5.74) is 2.28. The maximum atomic E-state index is 11.9. The second-order valence-electron chi connectivity index (χ2n) is 5.81. The molecular weight excluding hydrogens is 272 g/mol. The lowest BCUT2D eigenvalue weighted by Crippen LogP contribution is -2.29. The van der Waals surface area contributed by atoms with Crippen molar-refractivity contribution in [2.45, 2.75) is 37.6 Å². The van der Waals surface area contributed by atoms with Crippen molar-refractivity contribution in [1.82, 2.24) is 4.90 Å². The Morgan fingerprint density at radius 3 is 2.70 bits per heavy atom. The van der Waals surface area contributed by atoms with Gasteiger partial charge >= 0.3 is 0 Å². The molecule has 0 radical (unpaired) electrons. The zero-order valence-electron chi connectivity index (χ0n) is 11.7. The predicted octanol–water partition coefficient (Wildman–Crippen LogP) is 3.02. The Bertz CT molecular complexity index is 485. The van der Waals surface area contributed by atoms with Crippen LogP contribution in [-0.2, 0) is 11.3 Å². The van der Waals surface area contributed by atoms with E-state index in [-0.39, 0.29) is 11.3 Å². The van der Waals surface area contributed by atoms with E-state index in [0.717, 1.165) is 12.2 Å². The fraction of sp³-hybridized carbons (Fsp3) is 0.562. The van der Waals surface area contributed by atoms with Gasteiger partial charge in [0.2, 0.25) is 5.91 Å². The minimum atomic E-state index is -0.0479. The van der Waals surface area contributed by atoms with Gasteiger partial charge in [0.1, 0.15) is 0 Å². The SMILES string of the molecule is O=C1CC(Cl)CN1c1cccc(CN2CCCCC2)c1. The van der Waals surface area contributed by atoms with Crippen molar-refractivity contribution < 1.29 is 4.79 Å². The molecule has 3 nitrogen and oxygen atoms in total. The van der Waals surface area contributed by atoms with Crippen molar-refractivity contribution in [1.29, 1.82) is 0 Å². The number of rotatable bonds is 3. The Labute approximate surface area is 125 Å². The molecule has 2 aliphatic heterocycles. The Kier molecular flexibility index (Phi) is 4.27. The van der Waals surface area contributed by atoms with Gasteiger partial charge in [-0.2, -0.15) is 0 Å². The minimum absolute atomic E-state index is 0.0479. The first-order chi connectivity index (χ1) is 9.72. The summed E-state index contributed by atoms with van der Waals surface area (Å²) in [7, 11) is 0. The van der Waals surface area contributed by atoms with Gasteiger partial charge in [0, 0.05) is 25.2 Å². The van der Waals surface area contributed by atoms with Crippen LogP contribution in [0.2, 0.25) is 0 Å². The largest absolute Gasteiger partial charge is 0.311 e. The fourth-order valence-corrected chi connectivity index (χ4v) is 3.38. The lowest BCUT2D eigenvalue weighted by atomic mass is 10.1. The van der Waals surface area contributed by atoms with E-state index in [4.69, 9.17) is 11.6 Å². The molecule has 1 amide bonds. The van der Waals surface area contributed by atoms with Crippen molar-refractivity contribution >= 4 is 23.2 Å². The van der Waals surface area contributed by atoms with E-state index in [9.17, 15) is 4.79 Å². The molecule has 0 N–H and O–H groups in total. The molecule has 1 atom stereocenters. The van der Waals surface area contributed by atoms with Crippen molar-refractivity contribution in [2.24, 2.45) is 0 Å². The number of alkyl halides is 1. The molecule has 108 valence electrons. The smallest absolute Gasteiger partial charge is 0.228 e. The Morgan fingerprint density at radius 1 is 1.20 bits per heavy atom. The van der Waals surface area contributed by atoms with Gasteiger partial charge in [-0.15, -0.1) is 11.6 Å². The number of amides is 1. The van der Waals surface area contributed by atoms with Gasteiger partial charge in [-0.3, -0.25) is 9.69 Å². The number of piperidine rings is 1. The third-order valence-electron chi connectivity index (χ3n) is 4.15. The van der Waals surface area contributed by atoms with Gasteiger partial charge in [-0.1, -0.05) is 18.6 Å². The van der Waals surface area contributed by atoms with E-state index in [0.29, 0.717) is 13.0 Å². The number of halogens is 1. The monoisotopic (exact) mass is 292 g/mol. The van der Waals surface area contributed by atoms with Crippen LogP contribution >= 0.6 is 11.6 Å². The van der Waals surface area contributed by atoms with Crippen LogP contribution in [0.3, 0.4) is 0 Å². The van der Waals surface area contributed by atoms with Crippen LogP contribution in [0.5, 0.6) is 0 Å². The molecule has 1 aromatic carbocycles. The zero-order chi connectivity index (χ0) is 13.9. The van der Waals surface area contributed by atoms with Crippen LogP contribution in [-0.4, -0.2) is 35.8 Å². The summed E-state index contributed by atoms with van der Waals surface area (Å²) in [6, 6.07) is 8.34. The van der Waals surface area contributed by atoms with Crippen molar-refractivity contribution in [3.8, 4) is 0 Å². The molecule has 1 aromatic rings. The molecule has 0 aromatic heterocycles.